The molecule has 0 aliphatic rings. The molecule has 0 radical (unpaired) electrons. The minimum Gasteiger partial charge on any atom is -0.462 e. The lowest BCUT2D eigenvalue weighted by atomic mass is 9.96. The van der Waals surface area contributed by atoms with Crippen molar-refractivity contribution in [2.45, 2.75) is 27.7 Å². The number of hydrogen-bond donors (Lipinski definition) is 1. The summed E-state index contributed by atoms with van der Waals surface area (Å²) in [5.41, 5.74) is 1.24. The lowest BCUT2D eigenvalue weighted by Gasteiger charge is -2.14. The molecule has 0 saturated heterocycles. The third kappa shape index (κ3) is 3.13. The van der Waals surface area contributed by atoms with Crippen molar-refractivity contribution in [1.29, 1.82) is 0 Å². The largest absolute Gasteiger partial charge is 0.462 e. The number of hydrogen-bond acceptors (Lipinski definition) is 1. The molecule has 2 aromatic rings. The molecule has 2 nitrogen and oxygen atoms in total. The van der Waals surface area contributed by atoms with Crippen molar-refractivity contribution in [3.05, 3.63) is 42.3 Å². The molecule has 2 rings (SSSR count). The van der Waals surface area contributed by atoms with Crippen LogP contribution in [-0.4, -0.2) is 4.98 Å². The van der Waals surface area contributed by atoms with Gasteiger partial charge in [-0.2, -0.15) is 0 Å². The van der Waals surface area contributed by atoms with E-state index in [0.717, 1.165) is 17.0 Å². The van der Waals surface area contributed by atoms with Gasteiger partial charge in [0.05, 0.1) is 5.76 Å². The molecular formula is C15H19NO. The molecule has 0 aliphatic carbocycles. The van der Waals surface area contributed by atoms with Crippen LogP contribution in [0.2, 0.25) is 0 Å². The fourth-order valence-electron chi connectivity index (χ4n) is 1.92. The van der Waals surface area contributed by atoms with Gasteiger partial charge in [0.25, 0.3) is 0 Å². The van der Waals surface area contributed by atoms with Gasteiger partial charge in [0.2, 0.25) is 0 Å². The first kappa shape index (κ1) is 11.8. The average Bonchev–Trinajstić information content (AvgIpc) is 2.61. The summed E-state index contributed by atoms with van der Waals surface area (Å²) < 4.78 is 5.81. The van der Waals surface area contributed by atoms with Gasteiger partial charge in [-0.05, 0) is 42.0 Å². The van der Waals surface area contributed by atoms with E-state index in [1.807, 2.05) is 25.3 Å². The number of aromatic amines is 1. The van der Waals surface area contributed by atoms with Gasteiger partial charge in [-0.3, -0.25) is 0 Å². The van der Waals surface area contributed by atoms with Crippen molar-refractivity contribution in [3.63, 3.8) is 0 Å². The Labute approximate surface area is 102 Å². The maximum absolute atomic E-state index is 5.81. The van der Waals surface area contributed by atoms with Gasteiger partial charge in [0.15, 0.2) is 0 Å². The topological polar surface area (TPSA) is 25.0 Å². The van der Waals surface area contributed by atoms with Crippen LogP contribution in [-0.2, 0) is 0 Å². The van der Waals surface area contributed by atoms with Gasteiger partial charge in [0, 0.05) is 17.8 Å². The van der Waals surface area contributed by atoms with Crippen molar-refractivity contribution < 1.29 is 4.74 Å². The van der Waals surface area contributed by atoms with Crippen LogP contribution in [0.3, 0.4) is 0 Å². The molecule has 1 aromatic heterocycles. The molecule has 0 spiro atoms. The molecule has 0 bridgehead atoms. The molecule has 2 heteroatoms. The highest BCUT2D eigenvalue weighted by atomic mass is 16.5. The van der Waals surface area contributed by atoms with Crippen LogP contribution in [0.1, 0.15) is 27.7 Å². The van der Waals surface area contributed by atoms with Crippen molar-refractivity contribution in [1.82, 2.24) is 4.98 Å². The maximum Gasteiger partial charge on any atom is 0.129 e. The van der Waals surface area contributed by atoms with E-state index in [2.05, 4.69) is 44.0 Å². The smallest absolute Gasteiger partial charge is 0.129 e. The van der Waals surface area contributed by atoms with Crippen molar-refractivity contribution in [3.8, 4) is 5.75 Å². The first-order valence-corrected chi connectivity index (χ1v) is 5.88. The lowest BCUT2D eigenvalue weighted by molar-refractivity contribution is 0.407. The van der Waals surface area contributed by atoms with E-state index in [0.29, 0.717) is 0 Å². The predicted octanol–water partition coefficient (Wildman–Crippen LogP) is 4.50. The van der Waals surface area contributed by atoms with Gasteiger partial charge in [-0.1, -0.05) is 20.8 Å². The van der Waals surface area contributed by atoms with E-state index in [1.165, 1.54) is 5.39 Å². The Kier molecular flexibility index (Phi) is 2.97. The Bertz CT molecular complexity index is 543. The lowest BCUT2D eigenvalue weighted by Crippen LogP contribution is -2.03. The molecule has 0 atom stereocenters. The zero-order valence-electron chi connectivity index (χ0n) is 10.9. The van der Waals surface area contributed by atoms with Crippen LogP contribution < -0.4 is 4.74 Å². The number of H-pyrrole nitrogens is 1. The molecule has 0 unspecified atom stereocenters. The van der Waals surface area contributed by atoms with Crippen molar-refractivity contribution in [2.24, 2.45) is 5.41 Å². The predicted molar refractivity (Wildman–Crippen MR) is 72.1 cm³/mol. The van der Waals surface area contributed by atoms with Crippen LogP contribution >= 0.6 is 0 Å². The Morgan fingerprint density at radius 2 is 2.00 bits per heavy atom. The standard InChI is InChI=1S/C15H19NO/c1-11(10-15(2,3)4)17-13-6-5-12-7-8-16-14(12)9-13/h5-10,16H,1-4H3/b11-10+. The molecule has 17 heavy (non-hydrogen) atoms. The molecule has 90 valence electrons. The number of fused-ring (bicyclic) bond motifs is 1. The molecular weight excluding hydrogens is 210 g/mol. The molecule has 0 saturated carbocycles. The second-order valence-electron chi connectivity index (χ2n) is 5.45. The molecule has 1 N–H and O–H groups in total. The SMILES string of the molecule is C/C(=C\C(C)(C)C)Oc1ccc2cc[nH]c2c1. The zero-order chi connectivity index (χ0) is 12.5. The number of allylic oxidation sites excluding steroid dienone is 2. The summed E-state index contributed by atoms with van der Waals surface area (Å²) in [5.74, 6) is 1.81. The highest BCUT2D eigenvalue weighted by Crippen LogP contribution is 2.23. The van der Waals surface area contributed by atoms with E-state index in [-0.39, 0.29) is 5.41 Å². The second-order valence-corrected chi connectivity index (χ2v) is 5.45. The monoisotopic (exact) mass is 229 g/mol. The second kappa shape index (κ2) is 4.28. The third-order valence-electron chi connectivity index (χ3n) is 2.44. The summed E-state index contributed by atoms with van der Waals surface area (Å²) in [6.07, 6.45) is 4.07. The van der Waals surface area contributed by atoms with Gasteiger partial charge >= 0.3 is 0 Å². The number of nitrogens with one attached hydrogen (secondary N) is 1. The summed E-state index contributed by atoms with van der Waals surface area (Å²) in [7, 11) is 0. The van der Waals surface area contributed by atoms with E-state index in [9.17, 15) is 0 Å². The number of rotatable bonds is 2. The Balaban J connectivity index is 2.21. The summed E-state index contributed by atoms with van der Waals surface area (Å²) in [5, 5.41) is 1.20. The van der Waals surface area contributed by atoms with Crippen LogP contribution in [0.25, 0.3) is 10.9 Å². The Morgan fingerprint density at radius 1 is 1.24 bits per heavy atom. The van der Waals surface area contributed by atoms with Crippen LogP contribution in [0, 0.1) is 5.41 Å². The molecule has 0 aliphatic heterocycles. The van der Waals surface area contributed by atoms with Crippen LogP contribution in [0.15, 0.2) is 42.3 Å². The van der Waals surface area contributed by atoms with Crippen molar-refractivity contribution in [2.75, 3.05) is 0 Å². The Morgan fingerprint density at radius 3 is 2.71 bits per heavy atom. The van der Waals surface area contributed by atoms with E-state index in [4.69, 9.17) is 4.74 Å². The first-order chi connectivity index (χ1) is 7.94. The van der Waals surface area contributed by atoms with Crippen LogP contribution in [0.5, 0.6) is 5.75 Å². The zero-order valence-corrected chi connectivity index (χ0v) is 10.9. The third-order valence-corrected chi connectivity index (χ3v) is 2.44. The van der Waals surface area contributed by atoms with Crippen molar-refractivity contribution >= 4 is 10.9 Å². The number of aromatic nitrogens is 1. The average molecular weight is 229 g/mol. The minimum atomic E-state index is 0.140. The fraction of sp³-hybridized carbons (Fsp3) is 0.333. The highest BCUT2D eigenvalue weighted by molar-refractivity contribution is 5.80. The highest BCUT2D eigenvalue weighted by Gasteiger charge is 2.07. The van der Waals surface area contributed by atoms with E-state index >= 15 is 0 Å². The van der Waals surface area contributed by atoms with E-state index < -0.39 is 0 Å². The first-order valence-electron chi connectivity index (χ1n) is 5.88. The normalized spacial score (nSPS) is 13.1. The fourth-order valence-corrected chi connectivity index (χ4v) is 1.92. The summed E-state index contributed by atoms with van der Waals surface area (Å²) >= 11 is 0. The quantitative estimate of drug-likeness (QED) is 0.754. The number of ether oxygens (including phenoxy) is 1. The summed E-state index contributed by atoms with van der Waals surface area (Å²) in [4.78, 5) is 3.18. The summed E-state index contributed by atoms with van der Waals surface area (Å²) in [6.45, 7) is 8.47. The molecule has 0 amide bonds. The summed E-state index contributed by atoms with van der Waals surface area (Å²) in [6, 6.07) is 8.13. The van der Waals surface area contributed by atoms with Crippen LogP contribution in [0.4, 0.5) is 0 Å². The van der Waals surface area contributed by atoms with Gasteiger partial charge in [0.1, 0.15) is 5.75 Å². The van der Waals surface area contributed by atoms with Gasteiger partial charge in [-0.25, -0.2) is 0 Å². The van der Waals surface area contributed by atoms with Gasteiger partial charge < -0.3 is 9.72 Å². The maximum atomic E-state index is 5.81. The molecule has 1 heterocycles. The minimum absolute atomic E-state index is 0.140. The van der Waals surface area contributed by atoms with E-state index in [1.54, 1.807) is 0 Å². The molecule has 1 aromatic carbocycles. The molecule has 0 fully saturated rings. The van der Waals surface area contributed by atoms with Gasteiger partial charge in [-0.15, -0.1) is 0 Å². The number of benzene rings is 1. The Hall–Kier alpha value is -1.70.